The maximum absolute atomic E-state index is 12.2. The first-order chi connectivity index (χ1) is 9.95. The van der Waals surface area contributed by atoms with Crippen LogP contribution in [0.2, 0.25) is 0 Å². The van der Waals surface area contributed by atoms with E-state index in [0.29, 0.717) is 23.3 Å². The van der Waals surface area contributed by atoms with Crippen LogP contribution in [0.3, 0.4) is 0 Å². The van der Waals surface area contributed by atoms with E-state index in [9.17, 15) is 4.79 Å². The second-order valence-corrected chi connectivity index (χ2v) is 5.70. The molecule has 0 bridgehead atoms. The van der Waals surface area contributed by atoms with Crippen molar-refractivity contribution in [1.82, 2.24) is 10.2 Å². The number of nitrogens with zero attached hydrogens (tertiary/aromatic N) is 1. The van der Waals surface area contributed by atoms with Gasteiger partial charge in [0.2, 0.25) is 0 Å². The van der Waals surface area contributed by atoms with Crippen LogP contribution in [-0.4, -0.2) is 22.1 Å². The molecule has 0 spiro atoms. The molecule has 112 valence electrons. The lowest BCUT2D eigenvalue weighted by Crippen LogP contribution is -2.14. The van der Waals surface area contributed by atoms with Crippen molar-refractivity contribution in [3.63, 3.8) is 0 Å². The highest BCUT2D eigenvalue weighted by Gasteiger charge is 2.10. The van der Waals surface area contributed by atoms with Crippen LogP contribution in [0.5, 0.6) is 0 Å². The fraction of sp³-hybridized carbons (Fsp3) is 0.375. The minimum Gasteiger partial charge on any atom is -0.383 e. The molecule has 0 aliphatic carbocycles. The van der Waals surface area contributed by atoms with Gasteiger partial charge in [0.1, 0.15) is 0 Å². The van der Waals surface area contributed by atoms with Crippen molar-refractivity contribution >= 4 is 17.4 Å². The standard InChI is InChI=1S/C16H22N4O/c1-10(2)14-9-15(20-19-14)18-16(21)12-6-5-7-13(8-12)17-11(3)4/h5-11,17H,1-4H3,(H2,18,19,20,21). The Hall–Kier alpha value is -2.30. The lowest BCUT2D eigenvalue weighted by atomic mass is 10.1. The van der Waals surface area contributed by atoms with Gasteiger partial charge in [-0.3, -0.25) is 9.89 Å². The minimum atomic E-state index is -0.163. The van der Waals surface area contributed by atoms with E-state index in [1.165, 1.54) is 0 Å². The summed E-state index contributed by atoms with van der Waals surface area (Å²) in [7, 11) is 0. The highest BCUT2D eigenvalue weighted by atomic mass is 16.1. The summed E-state index contributed by atoms with van der Waals surface area (Å²) in [5.41, 5.74) is 2.54. The lowest BCUT2D eigenvalue weighted by molar-refractivity contribution is 0.102. The van der Waals surface area contributed by atoms with Gasteiger partial charge in [0.15, 0.2) is 5.82 Å². The average Bonchev–Trinajstić information content (AvgIpc) is 2.87. The molecule has 3 N–H and O–H groups in total. The summed E-state index contributed by atoms with van der Waals surface area (Å²) in [5.74, 6) is 0.733. The number of anilines is 2. The molecule has 2 aromatic rings. The zero-order valence-corrected chi connectivity index (χ0v) is 12.9. The van der Waals surface area contributed by atoms with E-state index in [1.807, 2.05) is 24.3 Å². The monoisotopic (exact) mass is 286 g/mol. The van der Waals surface area contributed by atoms with Gasteiger partial charge in [-0.05, 0) is 38.0 Å². The molecule has 0 unspecified atom stereocenters. The fourth-order valence-electron chi connectivity index (χ4n) is 1.97. The number of amides is 1. The van der Waals surface area contributed by atoms with Gasteiger partial charge in [0.05, 0.1) is 0 Å². The van der Waals surface area contributed by atoms with Gasteiger partial charge in [-0.25, -0.2) is 0 Å². The normalized spacial score (nSPS) is 11.0. The number of carbonyl (C=O) groups is 1. The maximum atomic E-state index is 12.2. The number of aromatic nitrogens is 2. The number of H-pyrrole nitrogens is 1. The highest BCUT2D eigenvalue weighted by molar-refractivity contribution is 6.04. The Morgan fingerprint density at radius 3 is 2.57 bits per heavy atom. The highest BCUT2D eigenvalue weighted by Crippen LogP contribution is 2.17. The third-order valence-corrected chi connectivity index (χ3v) is 3.04. The second kappa shape index (κ2) is 6.43. The summed E-state index contributed by atoms with van der Waals surface area (Å²) in [4.78, 5) is 12.2. The number of nitrogens with one attached hydrogen (secondary N) is 3. The van der Waals surface area contributed by atoms with E-state index in [-0.39, 0.29) is 5.91 Å². The smallest absolute Gasteiger partial charge is 0.256 e. The molecule has 0 atom stereocenters. The van der Waals surface area contributed by atoms with E-state index in [4.69, 9.17) is 0 Å². The summed E-state index contributed by atoms with van der Waals surface area (Å²) in [6.45, 7) is 8.26. The predicted molar refractivity (Wildman–Crippen MR) is 85.8 cm³/mol. The summed E-state index contributed by atoms with van der Waals surface area (Å²) < 4.78 is 0. The Morgan fingerprint density at radius 2 is 1.95 bits per heavy atom. The molecule has 1 heterocycles. The topological polar surface area (TPSA) is 69.8 Å². The van der Waals surface area contributed by atoms with Gasteiger partial charge >= 0.3 is 0 Å². The zero-order chi connectivity index (χ0) is 15.4. The first-order valence-corrected chi connectivity index (χ1v) is 7.19. The van der Waals surface area contributed by atoms with Gasteiger partial charge in [-0.1, -0.05) is 19.9 Å². The maximum Gasteiger partial charge on any atom is 0.256 e. The summed E-state index contributed by atoms with van der Waals surface area (Å²) in [5, 5.41) is 13.1. The van der Waals surface area contributed by atoms with Gasteiger partial charge < -0.3 is 10.6 Å². The molecular formula is C16H22N4O. The van der Waals surface area contributed by atoms with Crippen molar-refractivity contribution in [2.75, 3.05) is 10.6 Å². The van der Waals surface area contributed by atoms with Crippen molar-refractivity contribution in [2.45, 2.75) is 39.7 Å². The number of aromatic amines is 1. The fourth-order valence-corrected chi connectivity index (χ4v) is 1.97. The van der Waals surface area contributed by atoms with Crippen LogP contribution in [0, 0.1) is 0 Å². The molecule has 0 saturated heterocycles. The van der Waals surface area contributed by atoms with Crippen LogP contribution in [0.25, 0.3) is 0 Å². The Balaban J connectivity index is 2.08. The molecule has 0 saturated carbocycles. The molecule has 1 aromatic carbocycles. The molecule has 0 fully saturated rings. The number of rotatable bonds is 5. The first-order valence-electron chi connectivity index (χ1n) is 7.19. The number of carbonyl (C=O) groups excluding carboxylic acids is 1. The Morgan fingerprint density at radius 1 is 1.19 bits per heavy atom. The molecule has 5 nitrogen and oxygen atoms in total. The first kappa shape index (κ1) is 15.1. The quantitative estimate of drug-likeness (QED) is 0.786. The van der Waals surface area contributed by atoms with Crippen LogP contribution in [-0.2, 0) is 0 Å². The van der Waals surface area contributed by atoms with Crippen LogP contribution < -0.4 is 10.6 Å². The molecule has 1 aromatic heterocycles. The van der Waals surface area contributed by atoms with Crippen molar-refractivity contribution in [2.24, 2.45) is 0 Å². The third kappa shape index (κ3) is 4.08. The largest absolute Gasteiger partial charge is 0.383 e. The van der Waals surface area contributed by atoms with Gasteiger partial charge in [-0.15, -0.1) is 0 Å². The van der Waals surface area contributed by atoms with Crippen molar-refractivity contribution in [3.8, 4) is 0 Å². The molecular weight excluding hydrogens is 264 g/mol. The van der Waals surface area contributed by atoms with E-state index in [1.54, 1.807) is 6.07 Å². The molecule has 2 rings (SSSR count). The zero-order valence-electron chi connectivity index (χ0n) is 12.9. The molecule has 0 aliphatic heterocycles. The Kier molecular flexibility index (Phi) is 4.62. The summed E-state index contributed by atoms with van der Waals surface area (Å²) in [6.07, 6.45) is 0. The lowest BCUT2D eigenvalue weighted by Gasteiger charge is -2.11. The summed E-state index contributed by atoms with van der Waals surface area (Å²) in [6, 6.07) is 9.62. The van der Waals surface area contributed by atoms with Crippen LogP contribution in [0.15, 0.2) is 30.3 Å². The molecule has 1 amide bonds. The van der Waals surface area contributed by atoms with Gasteiger partial charge in [0.25, 0.3) is 5.91 Å². The van der Waals surface area contributed by atoms with E-state index in [2.05, 4.69) is 48.5 Å². The SMILES string of the molecule is CC(C)Nc1cccc(C(=O)Nc2cc(C(C)C)[nH]n2)c1. The van der Waals surface area contributed by atoms with E-state index in [0.717, 1.165) is 11.4 Å². The number of hydrogen-bond donors (Lipinski definition) is 3. The predicted octanol–water partition coefficient (Wildman–Crippen LogP) is 3.61. The number of hydrogen-bond acceptors (Lipinski definition) is 3. The molecule has 21 heavy (non-hydrogen) atoms. The Bertz CT molecular complexity index is 616. The summed E-state index contributed by atoms with van der Waals surface area (Å²) >= 11 is 0. The van der Waals surface area contributed by atoms with Crippen molar-refractivity contribution in [3.05, 3.63) is 41.6 Å². The van der Waals surface area contributed by atoms with Crippen LogP contribution >= 0.6 is 0 Å². The Labute approximate surface area is 125 Å². The molecule has 0 radical (unpaired) electrons. The average molecular weight is 286 g/mol. The molecule has 0 aliphatic rings. The van der Waals surface area contributed by atoms with Crippen LogP contribution in [0.1, 0.15) is 49.7 Å². The second-order valence-electron chi connectivity index (χ2n) is 5.70. The minimum absolute atomic E-state index is 0.163. The van der Waals surface area contributed by atoms with E-state index < -0.39 is 0 Å². The van der Waals surface area contributed by atoms with Crippen molar-refractivity contribution < 1.29 is 4.79 Å². The third-order valence-electron chi connectivity index (χ3n) is 3.04. The van der Waals surface area contributed by atoms with Gasteiger partial charge in [0, 0.05) is 29.1 Å². The van der Waals surface area contributed by atoms with Gasteiger partial charge in [-0.2, -0.15) is 5.10 Å². The molecule has 5 heteroatoms. The van der Waals surface area contributed by atoms with Crippen molar-refractivity contribution in [1.29, 1.82) is 0 Å². The number of benzene rings is 1. The van der Waals surface area contributed by atoms with E-state index >= 15 is 0 Å². The van der Waals surface area contributed by atoms with Crippen LogP contribution in [0.4, 0.5) is 11.5 Å².